The van der Waals surface area contributed by atoms with E-state index < -0.39 is 0 Å². The summed E-state index contributed by atoms with van der Waals surface area (Å²) in [5.41, 5.74) is 5.79. The van der Waals surface area contributed by atoms with Crippen molar-refractivity contribution in [3.63, 3.8) is 0 Å². The Kier molecular flexibility index (Phi) is 4.61. The highest BCUT2D eigenvalue weighted by Gasteiger charge is 2.19. The van der Waals surface area contributed by atoms with Gasteiger partial charge in [0.05, 0.1) is 6.04 Å². The first-order chi connectivity index (χ1) is 9.51. The lowest BCUT2D eigenvalue weighted by molar-refractivity contribution is 0.0945. The molecule has 1 atom stereocenters. The molecule has 0 fully saturated rings. The van der Waals surface area contributed by atoms with Gasteiger partial charge in [0.25, 0.3) is 5.91 Å². The third kappa shape index (κ3) is 3.29. The summed E-state index contributed by atoms with van der Waals surface area (Å²) >= 11 is 2.96. The molecule has 1 amide bonds. The first kappa shape index (κ1) is 14.8. The summed E-state index contributed by atoms with van der Waals surface area (Å²) in [4.78, 5) is 19.2. The summed E-state index contributed by atoms with van der Waals surface area (Å²) in [5, 5.41) is 6.69. The highest BCUT2D eigenvalue weighted by atomic mass is 32.1. The smallest absolute Gasteiger partial charge is 0.265 e. The maximum atomic E-state index is 12.2. The Labute approximate surface area is 126 Å². The van der Waals surface area contributed by atoms with E-state index in [2.05, 4.69) is 15.6 Å². The van der Waals surface area contributed by atoms with Gasteiger partial charge in [-0.2, -0.15) is 0 Å². The molecule has 0 aliphatic rings. The summed E-state index contributed by atoms with van der Waals surface area (Å²) in [7, 11) is 0. The van der Waals surface area contributed by atoms with Crippen molar-refractivity contribution >= 4 is 39.5 Å². The minimum absolute atomic E-state index is 0.0368. The Morgan fingerprint density at radius 3 is 2.80 bits per heavy atom. The number of nitrogens with one attached hydrogen (secondary N) is 2. The Morgan fingerprint density at radius 2 is 2.20 bits per heavy atom. The zero-order valence-electron chi connectivity index (χ0n) is 11.7. The van der Waals surface area contributed by atoms with Crippen LogP contribution in [0, 0.1) is 6.92 Å². The second-order valence-corrected chi connectivity index (χ2v) is 6.73. The second kappa shape index (κ2) is 6.23. The van der Waals surface area contributed by atoms with Crippen LogP contribution in [0.4, 0.5) is 10.9 Å². The molecule has 2 rings (SSSR count). The molecule has 2 aromatic heterocycles. The number of amides is 1. The maximum absolute atomic E-state index is 12.2. The van der Waals surface area contributed by atoms with Crippen molar-refractivity contribution in [2.75, 3.05) is 17.6 Å². The minimum Gasteiger partial charge on any atom is -0.382 e. The molecule has 0 radical (unpaired) electrons. The van der Waals surface area contributed by atoms with Crippen LogP contribution in [0.5, 0.6) is 0 Å². The zero-order chi connectivity index (χ0) is 14.7. The van der Waals surface area contributed by atoms with E-state index in [1.807, 2.05) is 32.9 Å². The highest BCUT2D eigenvalue weighted by Crippen LogP contribution is 2.27. The number of hydrogen-bond donors (Lipinski definition) is 3. The molecule has 0 saturated heterocycles. The third-order valence-corrected chi connectivity index (χ3v) is 4.93. The quantitative estimate of drug-likeness (QED) is 0.793. The number of carbonyl (C=O) groups is 1. The second-order valence-electron chi connectivity index (χ2n) is 4.41. The number of nitrogen functional groups attached to an aromatic ring is 1. The van der Waals surface area contributed by atoms with E-state index in [-0.39, 0.29) is 17.8 Å². The molecule has 4 N–H and O–H groups in total. The average Bonchev–Trinajstić information content (AvgIpc) is 2.96. The van der Waals surface area contributed by atoms with Gasteiger partial charge in [0.2, 0.25) is 0 Å². The van der Waals surface area contributed by atoms with Gasteiger partial charge in [-0.3, -0.25) is 4.79 Å². The average molecular weight is 310 g/mol. The van der Waals surface area contributed by atoms with Crippen LogP contribution < -0.4 is 16.4 Å². The molecule has 1 unspecified atom stereocenters. The van der Waals surface area contributed by atoms with Gasteiger partial charge in [-0.05, 0) is 32.9 Å². The van der Waals surface area contributed by atoms with E-state index in [9.17, 15) is 4.79 Å². The van der Waals surface area contributed by atoms with E-state index in [0.29, 0.717) is 10.0 Å². The first-order valence-electron chi connectivity index (χ1n) is 6.38. The number of carbonyl (C=O) groups excluding carboxylic acids is 1. The molecular formula is C13H18N4OS2. The molecule has 5 nitrogen and oxygen atoms in total. The molecule has 0 saturated carbocycles. The van der Waals surface area contributed by atoms with Gasteiger partial charge in [-0.1, -0.05) is 11.3 Å². The topological polar surface area (TPSA) is 80.0 Å². The Hall–Kier alpha value is -1.60. The molecule has 20 heavy (non-hydrogen) atoms. The van der Waals surface area contributed by atoms with E-state index in [1.165, 1.54) is 16.2 Å². The van der Waals surface area contributed by atoms with Crippen molar-refractivity contribution < 1.29 is 4.79 Å². The normalized spacial score (nSPS) is 12.2. The largest absolute Gasteiger partial charge is 0.382 e. The summed E-state index contributed by atoms with van der Waals surface area (Å²) in [6.45, 7) is 6.73. The number of anilines is 2. The predicted molar refractivity (Wildman–Crippen MR) is 85.6 cm³/mol. The molecule has 7 heteroatoms. The zero-order valence-corrected chi connectivity index (χ0v) is 13.3. The number of nitrogens with two attached hydrogens (primary N) is 1. The molecular weight excluding hydrogens is 292 g/mol. The Balaban J connectivity index is 2.08. The fourth-order valence-corrected chi connectivity index (χ4v) is 3.48. The molecule has 108 valence electrons. The van der Waals surface area contributed by atoms with Crippen molar-refractivity contribution in [2.45, 2.75) is 26.8 Å². The molecule has 0 aromatic carbocycles. The van der Waals surface area contributed by atoms with E-state index >= 15 is 0 Å². The van der Waals surface area contributed by atoms with Crippen LogP contribution in [0.15, 0.2) is 12.1 Å². The number of nitrogens with zero attached hydrogens (tertiary/aromatic N) is 1. The number of hydrogen-bond acceptors (Lipinski definition) is 6. The van der Waals surface area contributed by atoms with Crippen molar-refractivity contribution in [3.05, 3.63) is 26.8 Å². The van der Waals surface area contributed by atoms with E-state index in [4.69, 9.17) is 5.73 Å². The number of rotatable bonds is 5. The van der Waals surface area contributed by atoms with Crippen molar-refractivity contribution in [2.24, 2.45) is 0 Å². The lowest BCUT2D eigenvalue weighted by atomic mass is 10.2. The van der Waals surface area contributed by atoms with Crippen LogP contribution >= 0.6 is 22.7 Å². The summed E-state index contributed by atoms with van der Waals surface area (Å²) < 4.78 is 0. The van der Waals surface area contributed by atoms with Gasteiger partial charge in [0, 0.05) is 16.3 Å². The Bertz CT molecular complexity index is 605. The lowest BCUT2D eigenvalue weighted by Gasteiger charge is -2.11. The molecule has 2 aromatic rings. The fraction of sp³-hybridized carbons (Fsp3) is 0.385. The first-order valence-corrected chi connectivity index (χ1v) is 8.02. The van der Waals surface area contributed by atoms with Crippen molar-refractivity contribution in [1.82, 2.24) is 10.3 Å². The van der Waals surface area contributed by atoms with E-state index in [0.717, 1.165) is 11.4 Å². The minimum atomic E-state index is -0.178. The fourth-order valence-electron chi connectivity index (χ4n) is 1.74. The van der Waals surface area contributed by atoms with Crippen LogP contribution in [0.2, 0.25) is 0 Å². The van der Waals surface area contributed by atoms with E-state index in [1.54, 1.807) is 11.3 Å². The lowest BCUT2D eigenvalue weighted by Crippen LogP contribution is -2.26. The number of aromatic nitrogens is 1. The monoisotopic (exact) mass is 310 g/mol. The summed E-state index contributed by atoms with van der Waals surface area (Å²) in [6, 6.07) is 4.04. The van der Waals surface area contributed by atoms with Gasteiger partial charge in [-0.15, -0.1) is 11.3 Å². The predicted octanol–water partition coefficient (Wildman–Crippen LogP) is 3.02. The molecule has 0 aliphatic heterocycles. The van der Waals surface area contributed by atoms with Gasteiger partial charge in [-0.25, -0.2) is 4.98 Å². The number of aryl methyl sites for hydroxylation is 1. The van der Waals surface area contributed by atoms with Gasteiger partial charge in [0.1, 0.15) is 10.7 Å². The van der Waals surface area contributed by atoms with Gasteiger partial charge >= 0.3 is 0 Å². The van der Waals surface area contributed by atoms with Gasteiger partial charge < -0.3 is 16.4 Å². The SMILES string of the molecule is CCNc1nc(N)c(C(=O)NC(C)c2ccc(C)s2)s1. The van der Waals surface area contributed by atoms with Crippen molar-refractivity contribution in [3.8, 4) is 0 Å². The summed E-state index contributed by atoms with van der Waals surface area (Å²) in [5.74, 6) is 0.0979. The molecule has 0 bridgehead atoms. The molecule has 0 spiro atoms. The van der Waals surface area contributed by atoms with Crippen LogP contribution in [-0.2, 0) is 0 Å². The summed E-state index contributed by atoms with van der Waals surface area (Å²) in [6.07, 6.45) is 0. The van der Waals surface area contributed by atoms with Crippen LogP contribution in [0.25, 0.3) is 0 Å². The van der Waals surface area contributed by atoms with Crippen LogP contribution in [0.3, 0.4) is 0 Å². The number of thiophene rings is 1. The molecule has 0 aliphatic carbocycles. The Morgan fingerprint density at radius 1 is 1.45 bits per heavy atom. The maximum Gasteiger partial charge on any atom is 0.265 e. The highest BCUT2D eigenvalue weighted by molar-refractivity contribution is 7.18. The standard InChI is InChI=1S/C13H18N4OS2/c1-4-15-13-17-11(14)10(20-13)12(18)16-8(3)9-6-5-7(2)19-9/h5-6,8H,4,14H2,1-3H3,(H,15,17)(H,16,18). The van der Waals surface area contributed by atoms with Crippen molar-refractivity contribution in [1.29, 1.82) is 0 Å². The molecule has 2 heterocycles. The number of thiazole rings is 1. The third-order valence-electron chi connectivity index (χ3n) is 2.72. The van der Waals surface area contributed by atoms with Gasteiger partial charge in [0.15, 0.2) is 5.13 Å². The van der Waals surface area contributed by atoms with Crippen LogP contribution in [-0.4, -0.2) is 17.4 Å². The van der Waals surface area contributed by atoms with Crippen LogP contribution in [0.1, 0.15) is 39.3 Å².